The number of rotatable bonds is 4. The normalized spacial score (nSPS) is 11.0. The number of benzene rings is 2. The molecule has 0 bridgehead atoms. The van der Waals surface area contributed by atoms with Gasteiger partial charge in [0.15, 0.2) is 0 Å². The van der Waals surface area contributed by atoms with Crippen molar-refractivity contribution < 1.29 is 9.13 Å². The molecule has 1 heterocycles. The van der Waals surface area contributed by atoms with E-state index in [0.29, 0.717) is 13.2 Å². The second-order valence-corrected chi connectivity index (χ2v) is 5.69. The summed E-state index contributed by atoms with van der Waals surface area (Å²) in [6, 6.07) is 12.9. The van der Waals surface area contributed by atoms with Crippen LogP contribution in [0.3, 0.4) is 0 Å². The van der Waals surface area contributed by atoms with Gasteiger partial charge in [-0.2, -0.15) is 0 Å². The number of nitrogens with zero attached hydrogens (tertiary/aromatic N) is 1. The molecule has 3 aromatic rings. The molecule has 4 heteroatoms. The SMILES string of the molecule is CCOc1ccc2c(ccn2Cc2ccc(F)cc2Br)c1. The maximum atomic E-state index is 13.1. The lowest BCUT2D eigenvalue weighted by molar-refractivity contribution is 0.340. The average molecular weight is 348 g/mol. The molecule has 0 atom stereocenters. The van der Waals surface area contributed by atoms with Crippen LogP contribution in [0, 0.1) is 5.82 Å². The van der Waals surface area contributed by atoms with Gasteiger partial charge in [-0.1, -0.05) is 22.0 Å². The van der Waals surface area contributed by atoms with Crippen molar-refractivity contribution in [1.82, 2.24) is 4.57 Å². The molecule has 1 aromatic heterocycles. The van der Waals surface area contributed by atoms with E-state index in [4.69, 9.17) is 4.74 Å². The zero-order valence-corrected chi connectivity index (χ0v) is 13.2. The van der Waals surface area contributed by atoms with Gasteiger partial charge in [0.2, 0.25) is 0 Å². The molecule has 0 aliphatic heterocycles. The van der Waals surface area contributed by atoms with Crippen molar-refractivity contribution >= 4 is 26.8 Å². The van der Waals surface area contributed by atoms with E-state index in [1.807, 2.05) is 25.3 Å². The highest BCUT2D eigenvalue weighted by atomic mass is 79.9. The fraction of sp³-hybridized carbons (Fsp3) is 0.176. The molecular formula is C17H15BrFNO. The smallest absolute Gasteiger partial charge is 0.124 e. The highest BCUT2D eigenvalue weighted by Crippen LogP contribution is 2.25. The summed E-state index contributed by atoms with van der Waals surface area (Å²) in [6.07, 6.45) is 2.04. The van der Waals surface area contributed by atoms with Gasteiger partial charge in [0.25, 0.3) is 0 Å². The lowest BCUT2D eigenvalue weighted by atomic mass is 10.2. The van der Waals surface area contributed by atoms with Crippen molar-refractivity contribution in [1.29, 1.82) is 0 Å². The molecule has 0 aliphatic rings. The molecule has 2 aromatic carbocycles. The summed E-state index contributed by atoms with van der Waals surface area (Å²) < 4.78 is 21.6. The van der Waals surface area contributed by atoms with Gasteiger partial charge in [-0.3, -0.25) is 0 Å². The standard InChI is InChI=1S/C17H15BrFNO/c1-2-21-15-5-6-17-12(9-15)7-8-20(17)11-13-3-4-14(19)10-16(13)18/h3-10H,2,11H2,1H3. The highest BCUT2D eigenvalue weighted by Gasteiger charge is 2.06. The molecule has 0 amide bonds. The van der Waals surface area contributed by atoms with Crippen molar-refractivity contribution in [2.75, 3.05) is 6.61 Å². The largest absolute Gasteiger partial charge is 0.494 e. The third-order valence-electron chi connectivity index (χ3n) is 3.41. The maximum Gasteiger partial charge on any atom is 0.124 e. The Hall–Kier alpha value is -1.81. The molecule has 0 aliphatic carbocycles. The summed E-state index contributed by atoms with van der Waals surface area (Å²) in [6.45, 7) is 3.33. The first-order valence-corrected chi connectivity index (χ1v) is 7.62. The van der Waals surface area contributed by atoms with Gasteiger partial charge in [-0.05, 0) is 48.9 Å². The third kappa shape index (κ3) is 2.95. The van der Waals surface area contributed by atoms with Crippen LogP contribution in [-0.2, 0) is 6.54 Å². The minimum absolute atomic E-state index is 0.232. The zero-order valence-electron chi connectivity index (χ0n) is 11.6. The number of halogens is 2. The van der Waals surface area contributed by atoms with Gasteiger partial charge in [0.05, 0.1) is 6.61 Å². The Balaban J connectivity index is 1.94. The van der Waals surface area contributed by atoms with Crippen LogP contribution in [0.25, 0.3) is 10.9 Å². The monoisotopic (exact) mass is 347 g/mol. The van der Waals surface area contributed by atoms with E-state index in [2.05, 4.69) is 32.6 Å². The molecule has 0 spiro atoms. The highest BCUT2D eigenvalue weighted by molar-refractivity contribution is 9.10. The van der Waals surface area contributed by atoms with Crippen molar-refractivity contribution in [2.24, 2.45) is 0 Å². The van der Waals surface area contributed by atoms with E-state index in [-0.39, 0.29) is 5.82 Å². The number of aromatic nitrogens is 1. The topological polar surface area (TPSA) is 14.2 Å². The van der Waals surface area contributed by atoms with Crippen LogP contribution in [0.4, 0.5) is 4.39 Å². The lowest BCUT2D eigenvalue weighted by Gasteiger charge is -2.09. The van der Waals surface area contributed by atoms with Crippen LogP contribution < -0.4 is 4.74 Å². The molecule has 0 unspecified atom stereocenters. The molecule has 0 saturated heterocycles. The van der Waals surface area contributed by atoms with Crippen LogP contribution in [-0.4, -0.2) is 11.2 Å². The van der Waals surface area contributed by atoms with Crippen LogP contribution in [0.5, 0.6) is 5.75 Å². The van der Waals surface area contributed by atoms with E-state index in [1.54, 1.807) is 6.07 Å². The Morgan fingerprint density at radius 2 is 2.00 bits per heavy atom. The predicted molar refractivity (Wildman–Crippen MR) is 86.3 cm³/mol. The Labute approximate surface area is 131 Å². The lowest BCUT2D eigenvalue weighted by Crippen LogP contribution is -1.99. The van der Waals surface area contributed by atoms with Crippen LogP contribution in [0.1, 0.15) is 12.5 Å². The summed E-state index contributed by atoms with van der Waals surface area (Å²) in [4.78, 5) is 0. The molecule has 0 saturated carbocycles. The first kappa shape index (κ1) is 14.1. The van der Waals surface area contributed by atoms with Crippen LogP contribution in [0.2, 0.25) is 0 Å². The molecule has 3 rings (SSSR count). The van der Waals surface area contributed by atoms with Gasteiger partial charge in [-0.15, -0.1) is 0 Å². The Bertz CT molecular complexity index is 782. The van der Waals surface area contributed by atoms with Crippen LogP contribution >= 0.6 is 15.9 Å². The van der Waals surface area contributed by atoms with Gasteiger partial charge in [-0.25, -0.2) is 4.39 Å². The minimum Gasteiger partial charge on any atom is -0.494 e. The van der Waals surface area contributed by atoms with Crippen LogP contribution in [0.15, 0.2) is 53.1 Å². The predicted octanol–water partition coefficient (Wildman–Crippen LogP) is 4.99. The fourth-order valence-corrected chi connectivity index (χ4v) is 2.88. The molecule has 0 N–H and O–H groups in total. The second kappa shape index (κ2) is 5.90. The summed E-state index contributed by atoms with van der Waals surface area (Å²) in [5, 5.41) is 1.14. The zero-order chi connectivity index (χ0) is 14.8. The van der Waals surface area contributed by atoms with E-state index in [1.165, 1.54) is 12.1 Å². The first-order valence-electron chi connectivity index (χ1n) is 6.83. The summed E-state index contributed by atoms with van der Waals surface area (Å²) in [5.41, 5.74) is 2.18. The van der Waals surface area contributed by atoms with E-state index >= 15 is 0 Å². The summed E-state index contributed by atoms with van der Waals surface area (Å²) >= 11 is 3.42. The van der Waals surface area contributed by atoms with E-state index < -0.39 is 0 Å². The second-order valence-electron chi connectivity index (χ2n) is 4.83. The van der Waals surface area contributed by atoms with Crippen molar-refractivity contribution in [2.45, 2.75) is 13.5 Å². The van der Waals surface area contributed by atoms with Crippen molar-refractivity contribution in [3.05, 3.63) is 64.5 Å². The van der Waals surface area contributed by atoms with Gasteiger partial charge >= 0.3 is 0 Å². The fourth-order valence-electron chi connectivity index (χ4n) is 2.41. The molecular weight excluding hydrogens is 333 g/mol. The quantitative estimate of drug-likeness (QED) is 0.648. The molecule has 21 heavy (non-hydrogen) atoms. The van der Waals surface area contributed by atoms with Crippen molar-refractivity contribution in [3.63, 3.8) is 0 Å². The molecule has 0 radical (unpaired) electrons. The molecule has 2 nitrogen and oxygen atoms in total. The molecule has 108 valence electrons. The molecule has 0 fully saturated rings. The Morgan fingerprint density at radius 3 is 2.76 bits per heavy atom. The Morgan fingerprint density at radius 1 is 1.14 bits per heavy atom. The number of fused-ring (bicyclic) bond motifs is 1. The van der Waals surface area contributed by atoms with E-state index in [0.717, 1.165) is 26.7 Å². The summed E-state index contributed by atoms with van der Waals surface area (Å²) in [5.74, 6) is 0.648. The van der Waals surface area contributed by atoms with E-state index in [9.17, 15) is 4.39 Å². The first-order chi connectivity index (χ1) is 10.2. The number of ether oxygens (including phenoxy) is 1. The third-order valence-corrected chi connectivity index (χ3v) is 4.15. The van der Waals surface area contributed by atoms with Gasteiger partial charge in [0.1, 0.15) is 11.6 Å². The minimum atomic E-state index is -0.232. The number of hydrogen-bond acceptors (Lipinski definition) is 1. The number of hydrogen-bond donors (Lipinski definition) is 0. The average Bonchev–Trinajstić information content (AvgIpc) is 2.85. The van der Waals surface area contributed by atoms with Gasteiger partial charge < -0.3 is 9.30 Å². The maximum absolute atomic E-state index is 13.1. The summed E-state index contributed by atoms with van der Waals surface area (Å²) in [7, 11) is 0. The van der Waals surface area contributed by atoms with Crippen molar-refractivity contribution in [3.8, 4) is 5.75 Å². The van der Waals surface area contributed by atoms with Gasteiger partial charge in [0, 0.05) is 28.1 Å². The Kier molecular flexibility index (Phi) is 3.97.